The Balaban J connectivity index is 1.72. The number of para-hydroxylation sites is 1. The van der Waals surface area contributed by atoms with Crippen molar-refractivity contribution in [1.82, 2.24) is 19.8 Å². The molecule has 3 rings (SSSR count). The van der Waals surface area contributed by atoms with Gasteiger partial charge in [0.05, 0.1) is 6.54 Å². The van der Waals surface area contributed by atoms with Gasteiger partial charge >= 0.3 is 0 Å². The van der Waals surface area contributed by atoms with Gasteiger partial charge in [-0.2, -0.15) is 0 Å². The number of hydrogen-bond acceptors (Lipinski definition) is 3. The van der Waals surface area contributed by atoms with Crippen LogP contribution in [0.15, 0.2) is 42.7 Å². The van der Waals surface area contributed by atoms with Crippen LogP contribution >= 0.6 is 0 Å². The largest absolute Gasteiger partial charge is 0.317 e. The van der Waals surface area contributed by atoms with Gasteiger partial charge in [0.2, 0.25) is 0 Å². The zero-order valence-electron chi connectivity index (χ0n) is 12.7. The van der Waals surface area contributed by atoms with Crippen LogP contribution in [0.1, 0.15) is 25.1 Å². The first-order valence-corrected chi connectivity index (χ1v) is 7.83. The maximum Gasteiger partial charge on any atom is 0.127 e. The quantitative estimate of drug-likeness (QED) is 0.936. The molecule has 1 aromatic heterocycles. The van der Waals surface area contributed by atoms with E-state index in [1.807, 2.05) is 18.5 Å². The first-order valence-electron chi connectivity index (χ1n) is 7.83. The lowest BCUT2D eigenvalue weighted by Gasteiger charge is -2.26. The lowest BCUT2D eigenvalue weighted by atomic mass is 10.1. The fourth-order valence-electron chi connectivity index (χ4n) is 3.07. The van der Waals surface area contributed by atoms with Crippen molar-refractivity contribution in [1.29, 1.82) is 0 Å². The molecule has 1 aliphatic heterocycles. The molecule has 1 aromatic carbocycles. The third-order valence-electron chi connectivity index (χ3n) is 4.31. The van der Waals surface area contributed by atoms with E-state index in [-0.39, 0.29) is 0 Å². The van der Waals surface area contributed by atoms with E-state index in [2.05, 4.69) is 51.1 Å². The van der Waals surface area contributed by atoms with Crippen LogP contribution in [0.3, 0.4) is 0 Å². The molecule has 112 valence electrons. The predicted octanol–water partition coefficient (Wildman–Crippen LogP) is 2.45. The van der Waals surface area contributed by atoms with Crippen molar-refractivity contribution < 1.29 is 0 Å². The van der Waals surface area contributed by atoms with Gasteiger partial charge in [0.15, 0.2) is 0 Å². The molecule has 1 unspecified atom stereocenters. The maximum atomic E-state index is 4.56. The van der Waals surface area contributed by atoms with Gasteiger partial charge < -0.3 is 9.88 Å². The molecule has 4 heteroatoms. The van der Waals surface area contributed by atoms with Crippen LogP contribution in [0.2, 0.25) is 0 Å². The Morgan fingerprint density at radius 1 is 1.24 bits per heavy atom. The molecule has 0 spiro atoms. The van der Waals surface area contributed by atoms with E-state index in [9.17, 15) is 0 Å². The summed E-state index contributed by atoms with van der Waals surface area (Å²) in [5, 5.41) is 3.48. The molecule has 1 aliphatic rings. The van der Waals surface area contributed by atoms with E-state index >= 15 is 0 Å². The number of aromatic nitrogens is 2. The molecule has 1 atom stereocenters. The zero-order chi connectivity index (χ0) is 14.5. The summed E-state index contributed by atoms with van der Waals surface area (Å²) in [6.07, 6.45) is 7.71. The van der Waals surface area contributed by atoms with Gasteiger partial charge in [-0.25, -0.2) is 4.98 Å². The average Bonchev–Trinajstić information content (AvgIpc) is 2.81. The highest BCUT2D eigenvalue weighted by Crippen LogP contribution is 2.16. The van der Waals surface area contributed by atoms with Crippen LogP contribution in [0, 0.1) is 0 Å². The van der Waals surface area contributed by atoms with Crippen LogP contribution in [0.5, 0.6) is 0 Å². The summed E-state index contributed by atoms with van der Waals surface area (Å²) in [5.74, 6) is 1.11. The summed E-state index contributed by atoms with van der Waals surface area (Å²) in [6, 6.07) is 11.1. The first kappa shape index (κ1) is 14.3. The maximum absolute atomic E-state index is 4.56. The molecule has 0 saturated carbocycles. The highest BCUT2D eigenvalue weighted by molar-refractivity contribution is 5.32. The summed E-state index contributed by atoms with van der Waals surface area (Å²) in [5.41, 5.74) is 1.18. The van der Waals surface area contributed by atoms with E-state index in [1.165, 1.54) is 24.9 Å². The third kappa shape index (κ3) is 3.52. The number of nitrogens with one attached hydrogen (secondary N) is 1. The van der Waals surface area contributed by atoms with Crippen molar-refractivity contribution in [3.63, 3.8) is 0 Å². The van der Waals surface area contributed by atoms with Crippen molar-refractivity contribution in [3.8, 4) is 5.69 Å². The van der Waals surface area contributed by atoms with Crippen molar-refractivity contribution in [2.75, 3.05) is 20.1 Å². The second-order valence-corrected chi connectivity index (χ2v) is 5.80. The van der Waals surface area contributed by atoms with E-state index in [0.29, 0.717) is 6.04 Å². The molecule has 2 aromatic rings. The molecule has 1 N–H and O–H groups in total. The lowest BCUT2D eigenvalue weighted by molar-refractivity contribution is 0.211. The molecule has 2 heterocycles. The van der Waals surface area contributed by atoms with Crippen molar-refractivity contribution in [2.45, 2.75) is 31.8 Å². The molecule has 1 saturated heterocycles. The highest BCUT2D eigenvalue weighted by Gasteiger charge is 2.18. The number of rotatable bonds is 4. The average molecular weight is 284 g/mol. The topological polar surface area (TPSA) is 33.1 Å². The van der Waals surface area contributed by atoms with Gasteiger partial charge in [0.1, 0.15) is 5.82 Å². The van der Waals surface area contributed by atoms with Gasteiger partial charge in [-0.3, -0.25) is 4.90 Å². The monoisotopic (exact) mass is 284 g/mol. The second kappa shape index (κ2) is 6.87. The molecule has 0 bridgehead atoms. The van der Waals surface area contributed by atoms with Crippen LogP contribution in [-0.2, 0) is 6.54 Å². The smallest absolute Gasteiger partial charge is 0.127 e. The number of hydrogen-bond donors (Lipinski definition) is 1. The minimum atomic E-state index is 0.654. The molecule has 4 nitrogen and oxygen atoms in total. The van der Waals surface area contributed by atoms with Crippen molar-refractivity contribution in [2.24, 2.45) is 0 Å². The van der Waals surface area contributed by atoms with Crippen LogP contribution in [0.25, 0.3) is 5.69 Å². The third-order valence-corrected chi connectivity index (χ3v) is 4.31. The Kier molecular flexibility index (Phi) is 4.68. The van der Waals surface area contributed by atoms with Gasteiger partial charge in [0, 0.05) is 24.1 Å². The number of nitrogens with zero attached hydrogens (tertiary/aromatic N) is 3. The molecular formula is C17H24N4. The van der Waals surface area contributed by atoms with Crippen molar-refractivity contribution in [3.05, 3.63) is 48.5 Å². The van der Waals surface area contributed by atoms with Crippen LogP contribution in [0.4, 0.5) is 0 Å². The molecule has 0 radical (unpaired) electrons. The SMILES string of the molecule is CN(Cc1nccn1-c1ccccc1)C1CCCNCC1. The van der Waals surface area contributed by atoms with Crippen LogP contribution in [-0.4, -0.2) is 40.6 Å². The molecule has 0 aliphatic carbocycles. The van der Waals surface area contributed by atoms with E-state index in [0.717, 1.165) is 25.5 Å². The molecule has 0 amide bonds. The molecular weight excluding hydrogens is 260 g/mol. The summed E-state index contributed by atoms with van der Waals surface area (Å²) < 4.78 is 2.19. The fourth-order valence-corrected chi connectivity index (χ4v) is 3.07. The second-order valence-electron chi connectivity index (χ2n) is 5.80. The summed E-state index contributed by atoms with van der Waals surface area (Å²) in [7, 11) is 2.22. The van der Waals surface area contributed by atoms with Crippen molar-refractivity contribution >= 4 is 0 Å². The molecule has 1 fully saturated rings. The number of imidazole rings is 1. The normalized spacial score (nSPS) is 19.6. The predicted molar refractivity (Wildman–Crippen MR) is 85.5 cm³/mol. The van der Waals surface area contributed by atoms with Gasteiger partial charge in [-0.15, -0.1) is 0 Å². The Hall–Kier alpha value is -1.65. The summed E-state index contributed by atoms with van der Waals surface area (Å²) in [4.78, 5) is 7.01. The zero-order valence-corrected chi connectivity index (χ0v) is 12.7. The Bertz CT molecular complexity index is 541. The Morgan fingerprint density at radius 3 is 2.95 bits per heavy atom. The van der Waals surface area contributed by atoms with E-state index in [4.69, 9.17) is 0 Å². The van der Waals surface area contributed by atoms with Gasteiger partial charge in [-0.1, -0.05) is 18.2 Å². The first-order chi connectivity index (χ1) is 10.3. The van der Waals surface area contributed by atoms with E-state index in [1.54, 1.807) is 0 Å². The summed E-state index contributed by atoms with van der Waals surface area (Å²) in [6.45, 7) is 3.18. The molecule has 21 heavy (non-hydrogen) atoms. The van der Waals surface area contributed by atoms with Gasteiger partial charge in [0.25, 0.3) is 0 Å². The minimum Gasteiger partial charge on any atom is -0.317 e. The van der Waals surface area contributed by atoms with Gasteiger partial charge in [-0.05, 0) is 51.5 Å². The van der Waals surface area contributed by atoms with Crippen LogP contribution < -0.4 is 5.32 Å². The fraction of sp³-hybridized carbons (Fsp3) is 0.471. The Morgan fingerprint density at radius 2 is 2.10 bits per heavy atom. The summed E-state index contributed by atoms with van der Waals surface area (Å²) >= 11 is 0. The highest BCUT2D eigenvalue weighted by atomic mass is 15.2. The van der Waals surface area contributed by atoms with E-state index < -0.39 is 0 Å². The standard InChI is InChI=1S/C17H24N4/c1-20(15-8-5-10-18-11-9-15)14-17-19-12-13-21(17)16-6-3-2-4-7-16/h2-4,6-7,12-13,15,18H,5,8-11,14H2,1H3. The minimum absolute atomic E-state index is 0.654. The number of benzene rings is 1. The lowest BCUT2D eigenvalue weighted by Crippen LogP contribution is -2.32. The Labute approximate surface area is 126 Å².